The van der Waals surface area contributed by atoms with Gasteiger partial charge in [-0.25, -0.2) is 0 Å². The van der Waals surface area contributed by atoms with Crippen LogP contribution in [0.2, 0.25) is 0 Å². The molecule has 1 aromatic rings. The van der Waals surface area contributed by atoms with E-state index in [1.807, 2.05) is 0 Å². The standard InChI is InChI=1S/C19H27NO/c1-15-6-5-11-19(12-15,14-21)13-20-16(2)9-10-17-7-3-4-8-18(17)20/h3-4,7-8,14-16H,5-6,9-13H2,1-2H3. The van der Waals surface area contributed by atoms with Gasteiger partial charge in [0.2, 0.25) is 0 Å². The summed E-state index contributed by atoms with van der Waals surface area (Å²) < 4.78 is 0. The Labute approximate surface area is 128 Å². The third-order valence-electron chi connectivity index (χ3n) is 5.53. The smallest absolute Gasteiger partial charge is 0.127 e. The van der Waals surface area contributed by atoms with E-state index in [4.69, 9.17) is 0 Å². The number of carbonyl (C=O) groups excluding carboxylic acids is 1. The molecule has 0 spiro atoms. The predicted octanol–water partition coefficient (Wildman–Crippen LogP) is 4.22. The number of carbonyl (C=O) groups is 1. The Morgan fingerprint density at radius 3 is 2.86 bits per heavy atom. The van der Waals surface area contributed by atoms with Gasteiger partial charge in [-0.05, 0) is 50.2 Å². The van der Waals surface area contributed by atoms with Crippen LogP contribution in [0.1, 0.15) is 51.5 Å². The average Bonchev–Trinajstić information content (AvgIpc) is 2.50. The van der Waals surface area contributed by atoms with Crippen molar-refractivity contribution in [2.45, 2.75) is 58.4 Å². The Hall–Kier alpha value is -1.31. The number of hydrogen-bond donors (Lipinski definition) is 0. The van der Waals surface area contributed by atoms with E-state index in [1.54, 1.807) is 0 Å². The Balaban J connectivity index is 1.87. The van der Waals surface area contributed by atoms with Gasteiger partial charge in [-0.3, -0.25) is 0 Å². The number of para-hydroxylation sites is 1. The van der Waals surface area contributed by atoms with E-state index < -0.39 is 0 Å². The molecule has 3 rings (SSSR count). The molecule has 3 unspecified atom stereocenters. The highest BCUT2D eigenvalue weighted by Crippen LogP contribution is 2.41. The maximum Gasteiger partial charge on any atom is 0.127 e. The van der Waals surface area contributed by atoms with Crippen LogP contribution in [-0.4, -0.2) is 18.9 Å². The molecule has 0 aromatic heterocycles. The number of rotatable bonds is 3. The highest BCUT2D eigenvalue weighted by atomic mass is 16.1. The molecule has 1 aromatic carbocycles. The van der Waals surface area contributed by atoms with Gasteiger partial charge in [-0.1, -0.05) is 38.0 Å². The zero-order chi connectivity index (χ0) is 14.9. The molecule has 1 aliphatic heterocycles. The van der Waals surface area contributed by atoms with Crippen molar-refractivity contribution in [1.29, 1.82) is 0 Å². The van der Waals surface area contributed by atoms with E-state index in [-0.39, 0.29) is 5.41 Å². The van der Waals surface area contributed by atoms with Crippen molar-refractivity contribution < 1.29 is 4.79 Å². The van der Waals surface area contributed by atoms with E-state index in [9.17, 15) is 4.79 Å². The summed E-state index contributed by atoms with van der Waals surface area (Å²) in [4.78, 5) is 14.4. The molecular formula is C19H27NO. The van der Waals surface area contributed by atoms with Crippen LogP contribution in [0.5, 0.6) is 0 Å². The molecule has 1 fully saturated rings. The van der Waals surface area contributed by atoms with Crippen LogP contribution in [0.3, 0.4) is 0 Å². The zero-order valence-corrected chi connectivity index (χ0v) is 13.3. The molecule has 1 saturated carbocycles. The molecule has 2 heteroatoms. The van der Waals surface area contributed by atoms with Crippen molar-refractivity contribution in [2.75, 3.05) is 11.4 Å². The second-order valence-corrected chi connectivity index (χ2v) is 7.33. The lowest BCUT2D eigenvalue weighted by Crippen LogP contribution is -2.47. The van der Waals surface area contributed by atoms with E-state index in [0.29, 0.717) is 12.0 Å². The van der Waals surface area contributed by atoms with Crippen LogP contribution in [0.4, 0.5) is 5.69 Å². The van der Waals surface area contributed by atoms with Gasteiger partial charge in [0.15, 0.2) is 0 Å². The molecule has 0 amide bonds. The number of hydrogen-bond acceptors (Lipinski definition) is 2. The molecule has 0 N–H and O–H groups in total. The van der Waals surface area contributed by atoms with Gasteiger partial charge in [-0.2, -0.15) is 0 Å². The lowest BCUT2D eigenvalue weighted by molar-refractivity contribution is -0.118. The van der Waals surface area contributed by atoms with Crippen molar-refractivity contribution in [3.05, 3.63) is 29.8 Å². The molecule has 2 aliphatic rings. The maximum atomic E-state index is 11.9. The largest absolute Gasteiger partial charge is 0.368 e. The summed E-state index contributed by atoms with van der Waals surface area (Å²) >= 11 is 0. The minimum Gasteiger partial charge on any atom is -0.368 e. The first kappa shape index (κ1) is 14.6. The summed E-state index contributed by atoms with van der Waals surface area (Å²) in [5.41, 5.74) is 2.67. The summed E-state index contributed by atoms with van der Waals surface area (Å²) in [7, 11) is 0. The monoisotopic (exact) mass is 285 g/mol. The van der Waals surface area contributed by atoms with Crippen LogP contribution >= 0.6 is 0 Å². The van der Waals surface area contributed by atoms with Crippen LogP contribution < -0.4 is 4.90 Å². The summed E-state index contributed by atoms with van der Waals surface area (Å²) in [6, 6.07) is 9.27. The minimum absolute atomic E-state index is 0.129. The Kier molecular flexibility index (Phi) is 4.05. The number of benzene rings is 1. The Morgan fingerprint density at radius 1 is 1.29 bits per heavy atom. The molecule has 2 nitrogen and oxygen atoms in total. The number of aldehydes is 1. The number of anilines is 1. The fourth-order valence-corrected chi connectivity index (χ4v) is 4.33. The third-order valence-corrected chi connectivity index (χ3v) is 5.53. The Morgan fingerprint density at radius 2 is 2.10 bits per heavy atom. The maximum absolute atomic E-state index is 11.9. The summed E-state index contributed by atoms with van der Waals surface area (Å²) in [6.07, 6.45) is 8.23. The van der Waals surface area contributed by atoms with Crippen LogP contribution in [0.25, 0.3) is 0 Å². The fraction of sp³-hybridized carbons (Fsp3) is 0.632. The molecule has 0 radical (unpaired) electrons. The van der Waals surface area contributed by atoms with E-state index in [0.717, 1.165) is 19.4 Å². The minimum atomic E-state index is -0.129. The Bertz CT molecular complexity index is 512. The second kappa shape index (κ2) is 5.82. The molecule has 3 atom stereocenters. The van der Waals surface area contributed by atoms with Gasteiger partial charge < -0.3 is 9.69 Å². The van der Waals surface area contributed by atoms with Crippen LogP contribution in [0, 0.1) is 11.3 Å². The first-order valence-corrected chi connectivity index (χ1v) is 8.44. The summed E-state index contributed by atoms with van der Waals surface area (Å²) in [6.45, 7) is 5.50. The molecule has 114 valence electrons. The molecule has 21 heavy (non-hydrogen) atoms. The van der Waals surface area contributed by atoms with Gasteiger partial charge >= 0.3 is 0 Å². The van der Waals surface area contributed by atoms with E-state index in [2.05, 4.69) is 43.0 Å². The zero-order valence-electron chi connectivity index (χ0n) is 13.3. The molecule has 1 heterocycles. The normalized spacial score (nSPS) is 32.6. The summed E-state index contributed by atoms with van der Waals surface area (Å²) in [5.74, 6) is 0.680. The summed E-state index contributed by atoms with van der Waals surface area (Å²) in [5, 5.41) is 0. The lowest BCUT2D eigenvalue weighted by Gasteiger charge is -2.45. The van der Waals surface area contributed by atoms with Crippen molar-refractivity contribution in [3.63, 3.8) is 0 Å². The highest BCUT2D eigenvalue weighted by molar-refractivity contribution is 5.64. The van der Waals surface area contributed by atoms with Crippen molar-refractivity contribution in [3.8, 4) is 0 Å². The first-order chi connectivity index (χ1) is 10.1. The number of fused-ring (bicyclic) bond motifs is 1. The first-order valence-electron chi connectivity index (χ1n) is 8.44. The molecule has 0 bridgehead atoms. The molecular weight excluding hydrogens is 258 g/mol. The topological polar surface area (TPSA) is 20.3 Å². The van der Waals surface area contributed by atoms with Crippen molar-refractivity contribution in [1.82, 2.24) is 0 Å². The quantitative estimate of drug-likeness (QED) is 0.775. The number of aryl methyl sites for hydroxylation is 1. The van der Waals surface area contributed by atoms with Crippen LogP contribution in [-0.2, 0) is 11.2 Å². The molecule has 1 aliphatic carbocycles. The van der Waals surface area contributed by atoms with Gasteiger partial charge in [-0.15, -0.1) is 0 Å². The van der Waals surface area contributed by atoms with Gasteiger partial charge in [0.1, 0.15) is 6.29 Å². The second-order valence-electron chi connectivity index (χ2n) is 7.33. The van der Waals surface area contributed by atoms with E-state index >= 15 is 0 Å². The van der Waals surface area contributed by atoms with Gasteiger partial charge in [0.05, 0.1) is 0 Å². The SMILES string of the molecule is CC1CCCC(C=O)(CN2c3ccccc3CCC2C)C1. The third kappa shape index (κ3) is 2.86. The van der Waals surface area contributed by atoms with E-state index in [1.165, 1.54) is 43.2 Å². The van der Waals surface area contributed by atoms with Crippen LogP contribution in [0.15, 0.2) is 24.3 Å². The van der Waals surface area contributed by atoms with Crippen molar-refractivity contribution >= 4 is 12.0 Å². The van der Waals surface area contributed by atoms with Gasteiger partial charge in [0.25, 0.3) is 0 Å². The lowest BCUT2D eigenvalue weighted by atomic mass is 9.70. The fourth-order valence-electron chi connectivity index (χ4n) is 4.33. The average molecular weight is 285 g/mol. The number of nitrogens with zero attached hydrogens (tertiary/aromatic N) is 1. The molecule has 0 saturated heterocycles. The predicted molar refractivity (Wildman–Crippen MR) is 87.7 cm³/mol. The van der Waals surface area contributed by atoms with Gasteiger partial charge in [0, 0.05) is 23.7 Å². The van der Waals surface area contributed by atoms with Crippen molar-refractivity contribution in [2.24, 2.45) is 11.3 Å². The highest BCUT2D eigenvalue weighted by Gasteiger charge is 2.38.